The zero-order valence-corrected chi connectivity index (χ0v) is 15.9. The maximum Gasteiger partial charge on any atom is 0.416 e. The summed E-state index contributed by atoms with van der Waals surface area (Å²) < 4.78 is 44.8. The number of ether oxygens (including phenoxy) is 1. The molecule has 0 amide bonds. The Kier molecular flexibility index (Phi) is 8.71. The highest BCUT2D eigenvalue weighted by Crippen LogP contribution is 2.35. The van der Waals surface area contributed by atoms with Crippen molar-refractivity contribution in [2.75, 3.05) is 0 Å². The molecule has 0 atom stereocenters. The molecule has 8 heteroatoms. The summed E-state index contributed by atoms with van der Waals surface area (Å²) in [5, 5.41) is 2.83. The average molecular weight is 445 g/mol. The molecule has 0 aromatic heterocycles. The van der Waals surface area contributed by atoms with Crippen LogP contribution in [-0.4, -0.2) is 18.1 Å². The van der Waals surface area contributed by atoms with Crippen LogP contribution in [-0.2, 0) is 12.7 Å². The van der Waals surface area contributed by atoms with Gasteiger partial charge in [-0.25, -0.2) is 4.99 Å². The van der Waals surface area contributed by atoms with Gasteiger partial charge in [0.05, 0.1) is 18.2 Å². The topological polar surface area (TPSA) is 59.6 Å². The molecule has 132 valence electrons. The molecular formula is C15H23F3IN3O. The Balaban J connectivity index is 0.00000484. The lowest BCUT2D eigenvalue weighted by atomic mass is 10.1. The van der Waals surface area contributed by atoms with Gasteiger partial charge in [0, 0.05) is 6.04 Å². The van der Waals surface area contributed by atoms with Crippen molar-refractivity contribution >= 4 is 29.9 Å². The van der Waals surface area contributed by atoms with E-state index in [0.717, 1.165) is 6.07 Å². The van der Waals surface area contributed by atoms with Crippen LogP contribution in [0.1, 0.15) is 38.8 Å². The highest BCUT2D eigenvalue weighted by atomic mass is 127. The Labute approximate surface area is 151 Å². The molecule has 1 rings (SSSR count). The Bertz CT molecular complexity index is 531. The number of nitrogens with zero attached hydrogens (tertiary/aromatic N) is 1. The van der Waals surface area contributed by atoms with Crippen LogP contribution in [0.2, 0.25) is 0 Å². The summed E-state index contributed by atoms with van der Waals surface area (Å²) in [6.45, 7) is 7.08. The minimum Gasteiger partial charge on any atom is -0.491 e. The summed E-state index contributed by atoms with van der Waals surface area (Å²) in [5.74, 6) is 0.300. The lowest BCUT2D eigenvalue weighted by Gasteiger charge is -2.16. The second kappa shape index (κ2) is 9.19. The van der Waals surface area contributed by atoms with Crippen LogP contribution in [0.3, 0.4) is 0 Å². The minimum absolute atomic E-state index is 0. The van der Waals surface area contributed by atoms with Gasteiger partial charge in [-0.1, -0.05) is 6.07 Å². The number of hydrogen-bond acceptors (Lipinski definition) is 2. The molecule has 1 aromatic carbocycles. The third-order valence-corrected chi connectivity index (χ3v) is 2.61. The first-order chi connectivity index (χ1) is 10.1. The van der Waals surface area contributed by atoms with E-state index in [0.29, 0.717) is 0 Å². The smallest absolute Gasteiger partial charge is 0.416 e. The first-order valence-electron chi connectivity index (χ1n) is 7.02. The standard InChI is InChI=1S/C15H22F3N3O.HI/c1-9(2)21-14(19)20-8-11-5-6-12(22-10(3)4)7-13(11)15(16,17)18;/h5-7,9-10H,8H2,1-4H3,(H3,19,20,21);1H. The molecule has 1 aromatic rings. The molecule has 0 spiro atoms. The molecule has 0 saturated carbocycles. The third-order valence-electron chi connectivity index (χ3n) is 2.61. The van der Waals surface area contributed by atoms with Crippen molar-refractivity contribution in [3.63, 3.8) is 0 Å². The predicted molar refractivity (Wildman–Crippen MR) is 96.2 cm³/mol. The van der Waals surface area contributed by atoms with Crippen LogP contribution >= 0.6 is 24.0 Å². The van der Waals surface area contributed by atoms with Crippen molar-refractivity contribution in [3.05, 3.63) is 29.3 Å². The molecule has 0 bridgehead atoms. The number of rotatable bonds is 5. The number of benzene rings is 1. The fraction of sp³-hybridized carbons (Fsp3) is 0.533. The lowest BCUT2D eigenvalue weighted by Crippen LogP contribution is -2.36. The van der Waals surface area contributed by atoms with E-state index < -0.39 is 11.7 Å². The number of guanidine groups is 1. The molecule has 3 N–H and O–H groups in total. The van der Waals surface area contributed by atoms with Crippen molar-refractivity contribution in [1.29, 1.82) is 0 Å². The number of nitrogens with two attached hydrogens (primary N) is 1. The van der Waals surface area contributed by atoms with E-state index in [1.165, 1.54) is 12.1 Å². The van der Waals surface area contributed by atoms with Gasteiger partial charge in [0.15, 0.2) is 5.96 Å². The number of nitrogens with one attached hydrogen (secondary N) is 1. The quantitative estimate of drug-likeness (QED) is 0.411. The number of hydrogen-bond donors (Lipinski definition) is 2. The molecule has 4 nitrogen and oxygen atoms in total. The molecule has 0 heterocycles. The summed E-state index contributed by atoms with van der Waals surface area (Å²) in [4.78, 5) is 3.94. The highest BCUT2D eigenvalue weighted by molar-refractivity contribution is 14.0. The molecule has 0 fully saturated rings. The van der Waals surface area contributed by atoms with Gasteiger partial charge in [-0.15, -0.1) is 24.0 Å². The summed E-state index contributed by atoms with van der Waals surface area (Å²) >= 11 is 0. The first kappa shape index (κ1) is 21.8. The van der Waals surface area contributed by atoms with Gasteiger partial charge < -0.3 is 15.8 Å². The molecule has 0 unspecified atom stereocenters. The summed E-state index contributed by atoms with van der Waals surface area (Å²) in [7, 11) is 0. The minimum atomic E-state index is -4.47. The van der Waals surface area contributed by atoms with Crippen molar-refractivity contribution in [1.82, 2.24) is 5.32 Å². The molecule has 0 radical (unpaired) electrons. The fourth-order valence-corrected chi connectivity index (χ4v) is 1.81. The van der Waals surface area contributed by atoms with Gasteiger partial charge in [-0.3, -0.25) is 0 Å². The van der Waals surface area contributed by atoms with Gasteiger partial charge in [0.1, 0.15) is 5.75 Å². The van der Waals surface area contributed by atoms with Crippen molar-refractivity contribution in [2.45, 2.75) is 52.6 Å². The largest absolute Gasteiger partial charge is 0.491 e. The zero-order chi connectivity index (χ0) is 16.9. The van der Waals surface area contributed by atoms with Crippen LogP contribution in [0.5, 0.6) is 5.75 Å². The van der Waals surface area contributed by atoms with E-state index in [9.17, 15) is 13.2 Å². The number of halogens is 4. The highest BCUT2D eigenvalue weighted by Gasteiger charge is 2.33. The Morgan fingerprint density at radius 1 is 1.26 bits per heavy atom. The molecule has 23 heavy (non-hydrogen) atoms. The number of aliphatic imine (C=N–C) groups is 1. The maximum atomic E-state index is 13.1. The van der Waals surface area contributed by atoms with Crippen LogP contribution in [0.15, 0.2) is 23.2 Å². The van der Waals surface area contributed by atoms with Crippen molar-refractivity contribution < 1.29 is 17.9 Å². The molecule has 0 aliphatic carbocycles. The molecule has 0 aliphatic heterocycles. The first-order valence-corrected chi connectivity index (χ1v) is 7.02. The summed E-state index contributed by atoms with van der Waals surface area (Å²) in [6, 6.07) is 3.93. The van der Waals surface area contributed by atoms with Crippen molar-refractivity contribution in [2.24, 2.45) is 10.7 Å². The number of alkyl halides is 3. The van der Waals surface area contributed by atoms with Crippen LogP contribution < -0.4 is 15.8 Å². The van der Waals surface area contributed by atoms with Gasteiger partial charge in [0.25, 0.3) is 0 Å². The van der Waals surface area contributed by atoms with Crippen LogP contribution in [0, 0.1) is 0 Å². The van der Waals surface area contributed by atoms with E-state index in [-0.39, 0.29) is 59.9 Å². The monoisotopic (exact) mass is 445 g/mol. The molecule has 0 aliphatic rings. The maximum absolute atomic E-state index is 13.1. The van der Waals surface area contributed by atoms with E-state index in [1.807, 2.05) is 13.8 Å². The second-order valence-corrected chi connectivity index (χ2v) is 5.48. The molecule has 0 saturated heterocycles. The van der Waals surface area contributed by atoms with Crippen molar-refractivity contribution in [3.8, 4) is 5.75 Å². The van der Waals surface area contributed by atoms with Gasteiger partial charge in [0.2, 0.25) is 0 Å². The SMILES string of the molecule is CC(C)NC(N)=NCc1ccc(OC(C)C)cc1C(F)(F)F.I. The fourth-order valence-electron chi connectivity index (χ4n) is 1.81. The third kappa shape index (κ3) is 7.76. The lowest BCUT2D eigenvalue weighted by molar-refractivity contribution is -0.138. The normalized spacial score (nSPS) is 12.3. The van der Waals surface area contributed by atoms with Gasteiger partial charge >= 0.3 is 6.18 Å². The zero-order valence-electron chi connectivity index (χ0n) is 13.6. The van der Waals surface area contributed by atoms with E-state index in [2.05, 4.69) is 10.3 Å². The Morgan fingerprint density at radius 2 is 1.87 bits per heavy atom. The summed E-state index contributed by atoms with van der Waals surface area (Å²) in [6.07, 6.45) is -4.67. The predicted octanol–water partition coefficient (Wildman–Crippen LogP) is 3.92. The van der Waals surface area contributed by atoms with E-state index >= 15 is 0 Å². The van der Waals surface area contributed by atoms with E-state index in [4.69, 9.17) is 10.5 Å². The second-order valence-electron chi connectivity index (χ2n) is 5.48. The Morgan fingerprint density at radius 3 is 2.35 bits per heavy atom. The van der Waals surface area contributed by atoms with Crippen LogP contribution in [0.4, 0.5) is 13.2 Å². The van der Waals surface area contributed by atoms with E-state index in [1.54, 1.807) is 13.8 Å². The summed E-state index contributed by atoms with van der Waals surface area (Å²) in [5.41, 5.74) is 4.91. The Hall–Kier alpha value is -1.19. The van der Waals surface area contributed by atoms with Crippen LogP contribution in [0.25, 0.3) is 0 Å². The molecular weight excluding hydrogens is 422 g/mol. The van der Waals surface area contributed by atoms with Gasteiger partial charge in [-0.05, 0) is 45.4 Å². The van der Waals surface area contributed by atoms with Gasteiger partial charge in [-0.2, -0.15) is 13.2 Å². The average Bonchev–Trinajstić information content (AvgIpc) is 2.34.